The maximum absolute atomic E-state index is 12.7. The lowest BCUT2D eigenvalue weighted by molar-refractivity contribution is -0.146. The van der Waals surface area contributed by atoms with Gasteiger partial charge in [-0.3, -0.25) is 14.4 Å². The van der Waals surface area contributed by atoms with Gasteiger partial charge in [-0.05, 0) is 24.8 Å². The molecule has 1 heterocycles. The van der Waals surface area contributed by atoms with Crippen LogP contribution in [0, 0.1) is 5.92 Å². The summed E-state index contributed by atoms with van der Waals surface area (Å²) < 4.78 is 4.85. The Labute approximate surface area is 154 Å². The maximum Gasteiger partial charge on any atom is 0.306 e. The summed E-state index contributed by atoms with van der Waals surface area (Å²) >= 11 is 0. The molecule has 1 saturated carbocycles. The van der Waals surface area contributed by atoms with Crippen molar-refractivity contribution in [3.63, 3.8) is 0 Å². The van der Waals surface area contributed by atoms with Crippen molar-refractivity contribution in [3.8, 4) is 0 Å². The van der Waals surface area contributed by atoms with Crippen LogP contribution < -0.4 is 0 Å². The third-order valence-corrected chi connectivity index (χ3v) is 5.13. The van der Waals surface area contributed by atoms with Gasteiger partial charge in [0.25, 0.3) is 0 Å². The van der Waals surface area contributed by atoms with E-state index >= 15 is 0 Å². The third kappa shape index (κ3) is 4.42. The number of rotatable bonds is 6. The lowest BCUT2D eigenvalue weighted by Crippen LogP contribution is -2.51. The highest BCUT2D eigenvalue weighted by Gasteiger charge is 2.46. The number of amides is 2. The van der Waals surface area contributed by atoms with E-state index in [9.17, 15) is 14.4 Å². The molecule has 0 spiro atoms. The number of benzene rings is 1. The Morgan fingerprint density at radius 1 is 1.00 bits per heavy atom. The number of nitrogens with zero attached hydrogens (tertiary/aromatic N) is 2. The van der Waals surface area contributed by atoms with Crippen LogP contribution >= 0.6 is 0 Å². The molecule has 1 aromatic carbocycles. The van der Waals surface area contributed by atoms with Gasteiger partial charge in [-0.15, -0.1) is 0 Å². The molecule has 0 aromatic heterocycles. The summed E-state index contributed by atoms with van der Waals surface area (Å²) in [4.78, 5) is 39.8. The molecular formula is C20H26N2O4. The number of carbonyl (C=O) groups is 3. The Hall–Kier alpha value is -2.37. The molecule has 0 N–H and O–H groups in total. The van der Waals surface area contributed by atoms with Crippen LogP contribution in [0.3, 0.4) is 0 Å². The highest BCUT2D eigenvalue weighted by molar-refractivity contribution is 5.84. The number of hydrogen-bond donors (Lipinski definition) is 0. The highest BCUT2D eigenvalue weighted by Crippen LogP contribution is 2.48. The number of esters is 1. The molecule has 0 bridgehead atoms. The van der Waals surface area contributed by atoms with E-state index < -0.39 is 0 Å². The van der Waals surface area contributed by atoms with Crippen molar-refractivity contribution in [3.05, 3.63) is 35.9 Å². The largest absolute Gasteiger partial charge is 0.466 e. The predicted octanol–water partition coefficient (Wildman–Crippen LogP) is 1.80. The van der Waals surface area contributed by atoms with Crippen molar-refractivity contribution in [1.29, 1.82) is 0 Å². The van der Waals surface area contributed by atoms with E-state index in [1.165, 1.54) is 5.56 Å². The molecule has 1 saturated heterocycles. The number of ether oxygens (including phenoxy) is 1. The molecule has 0 radical (unpaired) electrons. The zero-order valence-corrected chi connectivity index (χ0v) is 15.2. The molecule has 2 atom stereocenters. The second-order valence-electron chi connectivity index (χ2n) is 6.87. The van der Waals surface area contributed by atoms with E-state index in [1.54, 1.807) is 11.8 Å². The Bertz CT molecular complexity index is 653. The zero-order valence-electron chi connectivity index (χ0n) is 15.2. The maximum atomic E-state index is 12.7. The molecule has 2 fully saturated rings. The van der Waals surface area contributed by atoms with Gasteiger partial charge in [-0.25, -0.2) is 0 Å². The molecular weight excluding hydrogens is 332 g/mol. The van der Waals surface area contributed by atoms with Gasteiger partial charge < -0.3 is 14.5 Å². The average molecular weight is 358 g/mol. The Morgan fingerprint density at radius 3 is 2.31 bits per heavy atom. The summed E-state index contributed by atoms with van der Waals surface area (Å²) in [5.74, 6) is 0.253. The van der Waals surface area contributed by atoms with Crippen molar-refractivity contribution < 1.29 is 19.1 Å². The first-order valence-corrected chi connectivity index (χ1v) is 9.37. The van der Waals surface area contributed by atoms with Gasteiger partial charge in [0.15, 0.2) is 0 Å². The minimum absolute atomic E-state index is 0.0428. The molecule has 6 heteroatoms. The second-order valence-corrected chi connectivity index (χ2v) is 6.87. The fourth-order valence-corrected chi connectivity index (χ4v) is 3.55. The van der Waals surface area contributed by atoms with E-state index in [0.29, 0.717) is 38.7 Å². The average Bonchev–Trinajstić information content (AvgIpc) is 3.47. The molecule has 1 aliphatic carbocycles. The third-order valence-electron chi connectivity index (χ3n) is 5.13. The smallest absolute Gasteiger partial charge is 0.306 e. The summed E-state index contributed by atoms with van der Waals surface area (Å²) in [7, 11) is 0. The van der Waals surface area contributed by atoms with Crippen molar-refractivity contribution in [2.45, 2.75) is 32.1 Å². The highest BCUT2D eigenvalue weighted by atomic mass is 16.5. The van der Waals surface area contributed by atoms with E-state index in [2.05, 4.69) is 12.1 Å². The number of piperazine rings is 1. The Morgan fingerprint density at radius 2 is 1.65 bits per heavy atom. The van der Waals surface area contributed by atoms with Crippen LogP contribution in [0.2, 0.25) is 0 Å². The first-order chi connectivity index (χ1) is 12.6. The van der Waals surface area contributed by atoms with Gasteiger partial charge in [0, 0.05) is 38.5 Å². The molecule has 140 valence electrons. The number of carbonyl (C=O) groups excluding carboxylic acids is 3. The minimum atomic E-state index is -0.338. The molecule has 0 unspecified atom stereocenters. The molecule has 6 nitrogen and oxygen atoms in total. The van der Waals surface area contributed by atoms with Crippen LogP contribution in [0.4, 0.5) is 0 Å². The number of hydrogen-bond acceptors (Lipinski definition) is 4. The molecule has 26 heavy (non-hydrogen) atoms. The fraction of sp³-hybridized carbons (Fsp3) is 0.550. The first kappa shape index (κ1) is 18.4. The Balaban J connectivity index is 1.42. The summed E-state index contributed by atoms with van der Waals surface area (Å²) in [6, 6.07) is 10.2. The summed E-state index contributed by atoms with van der Waals surface area (Å²) in [5.41, 5.74) is 1.23. The van der Waals surface area contributed by atoms with Crippen LogP contribution in [0.1, 0.15) is 37.7 Å². The van der Waals surface area contributed by atoms with Crippen molar-refractivity contribution in [2.24, 2.45) is 5.92 Å². The van der Waals surface area contributed by atoms with E-state index in [1.807, 2.05) is 23.1 Å². The van der Waals surface area contributed by atoms with E-state index in [0.717, 1.165) is 6.42 Å². The SMILES string of the molecule is CCOC(=O)CCC(=O)N1CCN(C(=O)[C@@H]2C[C@@H]2c2ccccc2)CC1. The lowest BCUT2D eigenvalue weighted by atomic mass is 10.1. The van der Waals surface area contributed by atoms with Gasteiger partial charge in [-0.1, -0.05) is 30.3 Å². The standard InChI is InChI=1S/C20H26N2O4/c1-2-26-19(24)9-8-18(23)21-10-12-22(13-11-21)20(25)17-14-16(17)15-6-4-3-5-7-15/h3-7,16-17H,2,8-14H2,1H3/t16-,17-/m1/s1. The van der Waals surface area contributed by atoms with Crippen LogP contribution in [0.15, 0.2) is 30.3 Å². The molecule has 3 rings (SSSR count). The topological polar surface area (TPSA) is 66.9 Å². The van der Waals surface area contributed by atoms with Gasteiger partial charge in [-0.2, -0.15) is 0 Å². The lowest BCUT2D eigenvalue weighted by Gasteiger charge is -2.35. The van der Waals surface area contributed by atoms with Crippen LogP contribution in [-0.4, -0.2) is 60.4 Å². The fourth-order valence-electron chi connectivity index (χ4n) is 3.55. The van der Waals surface area contributed by atoms with Crippen molar-refractivity contribution >= 4 is 17.8 Å². The quantitative estimate of drug-likeness (QED) is 0.728. The van der Waals surface area contributed by atoms with Crippen molar-refractivity contribution in [2.75, 3.05) is 32.8 Å². The second kappa shape index (κ2) is 8.34. The van der Waals surface area contributed by atoms with E-state index in [4.69, 9.17) is 4.74 Å². The van der Waals surface area contributed by atoms with Gasteiger partial charge in [0.1, 0.15) is 0 Å². The van der Waals surface area contributed by atoms with Crippen LogP contribution in [-0.2, 0) is 19.1 Å². The first-order valence-electron chi connectivity index (χ1n) is 9.37. The summed E-state index contributed by atoms with van der Waals surface area (Å²) in [6.07, 6.45) is 1.21. The predicted molar refractivity (Wildman–Crippen MR) is 96.3 cm³/mol. The minimum Gasteiger partial charge on any atom is -0.466 e. The summed E-state index contributed by atoms with van der Waals surface area (Å²) in [5, 5.41) is 0. The van der Waals surface area contributed by atoms with E-state index in [-0.39, 0.29) is 36.5 Å². The molecule has 1 aromatic rings. The van der Waals surface area contributed by atoms with Crippen molar-refractivity contribution in [1.82, 2.24) is 9.80 Å². The van der Waals surface area contributed by atoms with Gasteiger partial charge in [0.2, 0.25) is 11.8 Å². The normalized spacial score (nSPS) is 22.0. The molecule has 2 aliphatic rings. The molecule has 2 amide bonds. The van der Waals surface area contributed by atoms with Crippen LogP contribution in [0.5, 0.6) is 0 Å². The molecule has 1 aliphatic heterocycles. The van der Waals surface area contributed by atoms with Gasteiger partial charge >= 0.3 is 5.97 Å². The van der Waals surface area contributed by atoms with Gasteiger partial charge in [0.05, 0.1) is 13.0 Å². The Kier molecular flexibility index (Phi) is 5.91. The zero-order chi connectivity index (χ0) is 18.5. The monoisotopic (exact) mass is 358 g/mol. The van der Waals surface area contributed by atoms with Crippen LogP contribution in [0.25, 0.3) is 0 Å². The summed E-state index contributed by atoms with van der Waals surface area (Å²) in [6.45, 7) is 4.30.